The molecule has 0 spiro atoms. The summed E-state index contributed by atoms with van der Waals surface area (Å²) in [4.78, 5) is 55.0. The monoisotopic (exact) mass is 659 g/mol. The van der Waals surface area contributed by atoms with Crippen LogP contribution in [0.2, 0.25) is 10.3 Å². The fourth-order valence-electron chi connectivity index (χ4n) is 4.13. The lowest BCUT2D eigenvalue weighted by molar-refractivity contribution is -0.697. The Kier molecular flexibility index (Phi) is 10.8. The zero-order valence-electron chi connectivity index (χ0n) is 21.2. The molecule has 0 aromatic carbocycles. The third kappa shape index (κ3) is 8.08. The third-order valence-corrected chi connectivity index (χ3v) is 9.93. The zero-order valence-corrected chi connectivity index (χ0v) is 25.2. The Bertz CT molecular complexity index is 1360. The van der Waals surface area contributed by atoms with Crippen LogP contribution in [0.5, 0.6) is 0 Å². The first-order chi connectivity index (χ1) is 19.5. The minimum Gasteiger partial charge on any atom is -0.479 e. The Morgan fingerprint density at radius 2 is 1.83 bits per heavy atom. The number of carbonyl (C=O) groups is 4. The number of β-lactam (4-membered cyclic amide) rings is 1. The van der Waals surface area contributed by atoms with Gasteiger partial charge in [-0.1, -0.05) is 23.2 Å². The lowest BCUT2D eigenvalue weighted by Gasteiger charge is -2.49. The summed E-state index contributed by atoms with van der Waals surface area (Å²) in [6, 6.07) is 6.07. The predicted molar refractivity (Wildman–Crippen MR) is 155 cm³/mol. The maximum Gasteiger partial charge on any atom is 0.352 e. The molecule has 0 unspecified atom stereocenters. The number of nitrogens with one attached hydrogen (secondary N) is 1. The molecule has 16 heteroatoms. The molecule has 2 amide bonds. The topological polar surface area (TPSA) is 161 Å². The predicted octanol–water partition coefficient (Wildman–Crippen LogP) is 2.52. The number of carboxylic acids is 2. The van der Waals surface area contributed by atoms with E-state index in [4.69, 9.17) is 28.3 Å². The number of aromatic nitrogens is 2. The Morgan fingerprint density at radius 3 is 2.46 bits per heavy atom. The highest BCUT2D eigenvalue weighted by molar-refractivity contribution is 8.01. The average molecular weight is 661 g/mol. The van der Waals surface area contributed by atoms with Crippen molar-refractivity contribution in [2.75, 3.05) is 17.3 Å². The highest BCUT2D eigenvalue weighted by Crippen LogP contribution is 2.41. The van der Waals surface area contributed by atoms with E-state index in [1.807, 2.05) is 29.1 Å². The number of aliphatic hydroxyl groups excluding tert-OH is 1. The molecule has 41 heavy (non-hydrogen) atoms. The molecule has 0 radical (unpaired) electrons. The second kappa shape index (κ2) is 14.1. The summed E-state index contributed by atoms with van der Waals surface area (Å²) >= 11 is 15.8. The van der Waals surface area contributed by atoms with Crippen molar-refractivity contribution >= 4 is 82.2 Å². The molecule has 2 aliphatic rings. The van der Waals surface area contributed by atoms with Crippen LogP contribution in [-0.2, 0) is 25.7 Å². The number of hydrogen-bond acceptors (Lipinski definition) is 9. The Morgan fingerprint density at radius 1 is 1.15 bits per heavy atom. The van der Waals surface area contributed by atoms with Crippen molar-refractivity contribution in [2.24, 2.45) is 0 Å². The van der Waals surface area contributed by atoms with Crippen LogP contribution in [0.25, 0.3) is 0 Å². The van der Waals surface area contributed by atoms with Gasteiger partial charge in [-0.15, -0.1) is 35.3 Å². The quantitative estimate of drug-likeness (QED) is 0.108. The third-order valence-electron chi connectivity index (χ3n) is 6.13. The van der Waals surface area contributed by atoms with E-state index in [9.17, 15) is 29.4 Å². The summed E-state index contributed by atoms with van der Waals surface area (Å²) in [6.45, 7) is 0.543. The van der Waals surface area contributed by atoms with Gasteiger partial charge < -0.3 is 20.6 Å². The van der Waals surface area contributed by atoms with E-state index in [2.05, 4.69) is 10.3 Å². The molecular formula is C25H25Cl2N4O7S3+. The molecule has 2 aliphatic heterocycles. The van der Waals surface area contributed by atoms with Crippen molar-refractivity contribution in [3.05, 3.63) is 58.2 Å². The molecule has 218 valence electrons. The number of halogens is 2. The molecule has 11 nitrogen and oxygen atoms in total. The van der Waals surface area contributed by atoms with E-state index in [1.54, 1.807) is 12.1 Å². The smallest absolute Gasteiger partial charge is 0.352 e. The van der Waals surface area contributed by atoms with Crippen LogP contribution in [0.1, 0.15) is 12.8 Å². The number of thioether (sulfide) groups is 3. The van der Waals surface area contributed by atoms with Crippen molar-refractivity contribution in [3.8, 4) is 0 Å². The van der Waals surface area contributed by atoms with Gasteiger partial charge in [-0.2, -0.15) is 0 Å². The van der Waals surface area contributed by atoms with Gasteiger partial charge in [0.05, 0.1) is 5.75 Å². The zero-order chi connectivity index (χ0) is 29.7. The minimum absolute atomic E-state index is 0.0166. The van der Waals surface area contributed by atoms with Gasteiger partial charge in [0.15, 0.2) is 18.5 Å². The summed E-state index contributed by atoms with van der Waals surface area (Å²) in [5.74, 6) is -2.49. The van der Waals surface area contributed by atoms with E-state index >= 15 is 0 Å². The van der Waals surface area contributed by atoms with Crippen LogP contribution in [0, 0.1) is 0 Å². The van der Waals surface area contributed by atoms with Crippen molar-refractivity contribution in [1.82, 2.24) is 15.2 Å². The number of aliphatic hydroxyl groups is 1. The molecule has 2 aromatic rings. The van der Waals surface area contributed by atoms with Crippen molar-refractivity contribution in [2.45, 2.75) is 46.7 Å². The van der Waals surface area contributed by atoms with Gasteiger partial charge in [-0.3, -0.25) is 14.5 Å². The SMILES string of the molecule is O=C(CSc1cc(Cl)nc(Cl)c1)N[C@H]1C(=O)N2C(C(=O)O)=C(CSc3cc[n+](CCC[C@H](O)C(=O)O)cc3)CS[C@H]12. The fourth-order valence-corrected chi connectivity index (χ4v) is 7.86. The first-order valence-electron chi connectivity index (χ1n) is 12.2. The van der Waals surface area contributed by atoms with Gasteiger partial charge in [-0.05, 0) is 24.1 Å². The summed E-state index contributed by atoms with van der Waals surface area (Å²) in [5.41, 5.74) is 0.568. The van der Waals surface area contributed by atoms with Gasteiger partial charge in [0.1, 0.15) is 34.0 Å². The second-order valence-electron chi connectivity index (χ2n) is 9.01. The second-order valence-corrected chi connectivity index (χ2v) is 13.0. The molecule has 1 fully saturated rings. The summed E-state index contributed by atoms with van der Waals surface area (Å²) in [7, 11) is 0. The summed E-state index contributed by atoms with van der Waals surface area (Å²) in [5, 5.41) is 30.7. The van der Waals surface area contributed by atoms with Crippen molar-refractivity contribution in [3.63, 3.8) is 0 Å². The highest BCUT2D eigenvalue weighted by atomic mass is 35.5. The minimum atomic E-state index is -1.38. The summed E-state index contributed by atoms with van der Waals surface area (Å²) in [6.07, 6.45) is 2.93. The molecule has 0 bridgehead atoms. The maximum atomic E-state index is 12.9. The Balaban J connectivity index is 1.31. The molecule has 4 rings (SSSR count). The largest absolute Gasteiger partial charge is 0.479 e. The lowest BCUT2D eigenvalue weighted by atomic mass is 10.0. The first kappa shape index (κ1) is 31.4. The molecule has 1 saturated heterocycles. The van der Waals surface area contributed by atoms with Gasteiger partial charge in [0, 0.05) is 39.9 Å². The standard InChI is InChI=1S/C25H24Cl2N4O7S3/c26-17-8-15(9-18(27)28-17)40-12-19(33)29-20-22(34)31-21(25(37)38)13(11-41-23(20)31)10-39-14-3-6-30(7-4-14)5-1-2-16(32)24(35)36/h3-4,6-9,16,20,23,32H,1-2,5,10-12H2,(H2-,29,33,35,36,37,38)/p+1/t16-,20-,23+/m0/s1. The van der Waals surface area contributed by atoms with Crippen LogP contribution < -0.4 is 9.88 Å². The molecular weight excluding hydrogens is 635 g/mol. The average Bonchev–Trinajstić information content (AvgIpc) is 2.93. The number of rotatable bonds is 13. The van der Waals surface area contributed by atoms with E-state index in [-0.39, 0.29) is 34.1 Å². The number of amides is 2. The number of aryl methyl sites for hydroxylation is 1. The molecule has 2 aromatic heterocycles. The fraction of sp³-hybridized carbons (Fsp3) is 0.360. The molecule has 3 atom stereocenters. The lowest BCUT2D eigenvalue weighted by Crippen LogP contribution is -2.70. The number of carboxylic acid groups (broad SMARTS) is 2. The number of hydrogen-bond donors (Lipinski definition) is 4. The van der Waals surface area contributed by atoms with Crippen LogP contribution in [0.3, 0.4) is 0 Å². The summed E-state index contributed by atoms with van der Waals surface area (Å²) < 4.78 is 1.87. The number of aliphatic carboxylic acids is 2. The number of nitrogens with zero attached hydrogens (tertiary/aromatic N) is 3. The van der Waals surface area contributed by atoms with Crippen molar-refractivity contribution < 1.29 is 39.1 Å². The van der Waals surface area contributed by atoms with Crippen LogP contribution in [0.15, 0.2) is 57.7 Å². The Labute approximate surface area is 257 Å². The van der Waals surface area contributed by atoms with Crippen molar-refractivity contribution in [1.29, 1.82) is 0 Å². The van der Waals surface area contributed by atoms with Crippen LogP contribution >= 0.6 is 58.5 Å². The van der Waals surface area contributed by atoms with Crippen LogP contribution in [0.4, 0.5) is 0 Å². The maximum absolute atomic E-state index is 12.9. The van der Waals surface area contributed by atoms with Gasteiger partial charge in [0.25, 0.3) is 5.91 Å². The Hall–Kier alpha value is -2.49. The number of pyridine rings is 2. The molecule has 0 saturated carbocycles. The van der Waals surface area contributed by atoms with E-state index < -0.39 is 35.4 Å². The normalized spacial score (nSPS) is 18.9. The number of carbonyl (C=O) groups excluding carboxylic acids is 2. The molecule has 4 heterocycles. The van der Waals surface area contributed by atoms with E-state index in [1.165, 1.54) is 40.2 Å². The van der Waals surface area contributed by atoms with Gasteiger partial charge >= 0.3 is 11.9 Å². The van der Waals surface area contributed by atoms with E-state index in [0.717, 1.165) is 4.90 Å². The number of fused-ring (bicyclic) bond motifs is 1. The molecule has 4 N–H and O–H groups in total. The first-order valence-corrected chi connectivity index (χ1v) is 16.0. The van der Waals surface area contributed by atoms with Gasteiger partial charge in [-0.25, -0.2) is 19.1 Å². The van der Waals surface area contributed by atoms with Gasteiger partial charge in [0.2, 0.25) is 5.91 Å². The molecule has 0 aliphatic carbocycles. The van der Waals surface area contributed by atoms with Crippen LogP contribution in [-0.4, -0.2) is 83.7 Å². The highest BCUT2D eigenvalue weighted by Gasteiger charge is 2.54. The van der Waals surface area contributed by atoms with E-state index in [0.29, 0.717) is 34.9 Å².